The second kappa shape index (κ2) is 5.37. The standard InChI is InChI=1S/C17H17NO2/c1-12-11-14(12)17(19)18-15-9-5-6-10-16(15)20-13-7-3-2-4-8-13/h2-10,12,14H,11H2,1H3,(H,18,19)/t12-,14+/m0/s1. The summed E-state index contributed by atoms with van der Waals surface area (Å²) in [5, 5.41) is 2.96. The third-order valence-electron chi connectivity index (χ3n) is 3.56. The van der Waals surface area contributed by atoms with Gasteiger partial charge in [0, 0.05) is 5.92 Å². The zero-order valence-electron chi connectivity index (χ0n) is 11.4. The first-order chi connectivity index (χ1) is 9.74. The van der Waals surface area contributed by atoms with Gasteiger partial charge in [-0.1, -0.05) is 37.3 Å². The molecule has 0 radical (unpaired) electrons. The van der Waals surface area contributed by atoms with Crippen LogP contribution < -0.4 is 10.1 Å². The van der Waals surface area contributed by atoms with Gasteiger partial charge in [-0.2, -0.15) is 0 Å². The van der Waals surface area contributed by atoms with E-state index in [0.29, 0.717) is 11.7 Å². The van der Waals surface area contributed by atoms with E-state index in [-0.39, 0.29) is 11.8 Å². The quantitative estimate of drug-likeness (QED) is 0.906. The van der Waals surface area contributed by atoms with Gasteiger partial charge in [-0.25, -0.2) is 0 Å². The molecule has 3 heteroatoms. The predicted molar refractivity (Wildman–Crippen MR) is 78.9 cm³/mol. The first-order valence-corrected chi connectivity index (χ1v) is 6.87. The van der Waals surface area contributed by atoms with Crippen molar-refractivity contribution in [3.63, 3.8) is 0 Å². The Bertz CT molecular complexity index is 609. The van der Waals surface area contributed by atoms with Crippen LogP contribution in [0, 0.1) is 11.8 Å². The molecule has 0 bridgehead atoms. The van der Waals surface area contributed by atoms with E-state index in [0.717, 1.165) is 17.9 Å². The molecule has 2 aromatic rings. The van der Waals surface area contributed by atoms with Gasteiger partial charge < -0.3 is 10.1 Å². The maximum Gasteiger partial charge on any atom is 0.227 e. The van der Waals surface area contributed by atoms with Crippen LogP contribution in [0.25, 0.3) is 0 Å². The molecule has 0 aromatic heterocycles. The molecule has 1 saturated carbocycles. The fourth-order valence-electron chi connectivity index (χ4n) is 2.19. The molecule has 3 rings (SSSR count). The number of hydrogen-bond donors (Lipinski definition) is 1. The lowest BCUT2D eigenvalue weighted by atomic mass is 10.2. The van der Waals surface area contributed by atoms with Crippen LogP contribution >= 0.6 is 0 Å². The highest BCUT2D eigenvalue weighted by Gasteiger charge is 2.39. The highest BCUT2D eigenvalue weighted by molar-refractivity contribution is 5.95. The van der Waals surface area contributed by atoms with Gasteiger partial charge in [0.05, 0.1) is 5.69 Å². The molecule has 1 fully saturated rings. The molecule has 0 spiro atoms. The number of benzene rings is 2. The number of hydrogen-bond acceptors (Lipinski definition) is 2. The van der Waals surface area contributed by atoms with E-state index in [1.54, 1.807) is 0 Å². The second-order valence-corrected chi connectivity index (χ2v) is 5.22. The van der Waals surface area contributed by atoms with Crippen molar-refractivity contribution in [2.75, 3.05) is 5.32 Å². The average molecular weight is 267 g/mol. The molecule has 20 heavy (non-hydrogen) atoms. The Balaban J connectivity index is 1.76. The largest absolute Gasteiger partial charge is 0.455 e. The van der Waals surface area contributed by atoms with Gasteiger partial charge in [0.1, 0.15) is 5.75 Å². The summed E-state index contributed by atoms with van der Waals surface area (Å²) in [4.78, 5) is 12.0. The fraction of sp³-hybridized carbons (Fsp3) is 0.235. The van der Waals surface area contributed by atoms with Gasteiger partial charge in [0.15, 0.2) is 5.75 Å². The summed E-state index contributed by atoms with van der Waals surface area (Å²) >= 11 is 0. The summed E-state index contributed by atoms with van der Waals surface area (Å²) in [5.41, 5.74) is 0.723. The smallest absolute Gasteiger partial charge is 0.227 e. The molecule has 3 nitrogen and oxygen atoms in total. The molecule has 1 aliphatic carbocycles. The Hall–Kier alpha value is -2.29. The van der Waals surface area contributed by atoms with E-state index in [1.807, 2.05) is 54.6 Å². The Morgan fingerprint density at radius 1 is 1.10 bits per heavy atom. The SMILES string of the molecule is C[C@H]1C[C@H]1C(=O)Nc1ccccc1Oc1ccccc1. The minimum absolute atomic E-state index is 0.0848. The van der Waals surface area contributed by atoms with Crippen molar-refractivity contribution in [3.05, 3.63) is 54.6 Å². The lowest BCUT2D eigenvalue weighted by Crippen LogP contribution is -2.14. The summed E-state index contributed by atoms with van der Waals surface area (Å²) in [7, 11) is 0. The topological polar surface area (TPSA) is 38.3 Å². The van der Waals surface area contributed by atoms with Gasteiger partial charge >= 0.3 is 0 Å². The van der Waals surface area contributed by atoms with Gasteiger partial charge in [0.2, 0.25) is 5.91 Å². The highest BCUT2D eigenvalue weighted by Crippen LogP contribution is 2.39. The van der Waals surface area contributed by atoms with Crippen molar-refractivity contribution < 1.29 is 9.53 Å². The molecular weight excluding hydrogens is 250 g/mol. The van der Waals surface area contributed by atoms with Crippen LogP contribution in [0.1, 0.15) is 13.3 Å². The molecule has 2 atom stereocenters. The van der Waals surface area contributed by atoms with E-state index in [9.17, 15) is 4.79 Å². The molecule has 0 aliphatic heterocycles. The second-order valence-electron chi connectivity index (χ2n) is 5.22. The fourth-order valence-corrected chi connectivity index (χ4v) is 2.19. The molecule has 2 aromatic carbocycles. The maximum atomic E-state index is 12.0. The summed E-state index contributed by atoms with van der Waals surface area (Å²) in [6.45, 7) is 2.09. The van der Waals surface area contributed by atoms with Gasteiger partial charge in [-0.05, 0) is 36.6 Å². The van der Waals surface area contributed by atoms with E-state index in [4.69, 9.17) is 4.74 Å². The van der Waals surface area contributed by atoms with Crippen LogP contribution in [0.15, 0.2) is 54.6 Å². The van der Waals surface area contributed by atoms with Crippen molar-refractivity contribution in [1.29, 1.82) is 0 Å². The van der Waals surface area contributed by atoms with Crippen molar-refractivity contribution in [1.82, 2.24) is 0 Å². The van der Waals surface area contributed by atoms with E-state index in [2.05, 4.69) is 12.2 Å². The van der Waals surface area contributed by atoms with Crippen molar-refractivity contribution >= 4 is 11.6 Å². The average Bonchev–Trinajstić information content (AvgIpc) is 3.19. The van der Waals surface area contributed by atoms with Gasteiger partial charge in [-0.15, -0.1) is 0 Å². The number of amides is 1. The van der Waals surface area contributed by atoms with Gasteiger partial charge in [-0.3, -0.25) is 4.79 Å². The van der Waals surface area contributed by atoms with Crippen LogP contribution in [-0.4, -0.2) is 5.91 Å². The predicted octanol–water partition coefficient (Wildman–Crippen LogP) is 4.07. The Labute approximate surface area is 118 Å². The minimum Gasteiger partial charge on any atom is -0.455 e. The first-order valence-electron chi connectivity index (χ1n) is 6.87. The van der Waals surface area contributed by atoms with Crippen molar-refractivity contribution in [2.24, 2.45) is 11.8 Å². The van der Waals surface area contributed by atoms with E-state index in [1.165, 1.54) is 0 Å². The third kappa shape index (κ3) is 2.82. The number of ether oxygens (including phenoxy) is 1. The summed E-state index contributed by atoms with van der Waals surface area (Å²) in [6, 6.07) is 17.1. The monoisotopic (exact) mass is 267 g/mol. The van der Waals surface area contributed by atoms with Gasteiger partial charge in [0.25, 0.3) is 0 Å². The number of anilines is 1. The Morgan fingerprint density at radius 2 is 1.75 bits per heavy atom. The number of para-hydroxylation sites is 3. The van der Waals surface area contributed by atoms with Crippen LogP contribution in [-0.2, 0) is 4.79 Å². The maximum absolute atomic E-state index is 12.0. The van der Waals surface area contributed by atoms with Crippen molar-refractivity contribution in [3.8, 4) is 11.5 Å². The Kier molecular flexibility index (Phi) is 3.42. The zero-order chi connectivity index (χ0) is 13.9. The van der Waals surface area contributed by atoms with E-state index < -0.39 is 0 Å². The molecule has 1 N–H and O–H groups in total. The molecular formula is C17H17NO2. The normalized spacial score (nSPS) is 20.2. The zero-order valence-corrected chi connectivity index (χ0v) is 11.4. The molecule has 102 valence electrons. The third-order valence-corrected chi connectivity index (χ3v) is 3.56. The molecule has 1 aliphatic rings. The van der Waals surface area contributed by atoms with Crippen LogP contribution in [0.4, 0.5) is 5.69 Å². The number of carbonyl (C=O) groups is 1. The summed E-state index contributed by atoms with van der Waals surface area (Å²) in [5.74, 6) is 2.16. The Morgan fingerprint density at radius 3 is 2.45 bits per heavy atom. The lowest BCUT2D eigenvalue weighted by Gasteiger charge is -2.12. The highest BCUT2D eigenvalue weighted by atomic mass is 16.5. The summed E-state index contributed by atoms with van der Waals surface area (Å²) < 4.78 is 5.82. The number of rotatable bonds is 4. The number of carbonyl (C=O) groups excluding carboxylic acids is 1. The molecule has 1 amide bonds. The number of nitrogens with one attached hydrogen (secondary N) is 1. The molecule has 0 saturated heterocycles. The van der Waals surface area contributed by atoms with Crippen LogP contribution in [0.5, 0.6) is 11.5 Å². The van der Waals surface area contributed by atoms with Crippen LogP contribution in [0.2, 0.25) is 0 Å². The van der Waals surface area contributed by atoms with E-state index >= 15 is 0 Å². The summed E-state index contributed by atoms with van der Waals surface area (Å²) in [6.07, 6.45) is 0.980. The van der Waals surface area contributed by atoms with Crippen LogP contribution in [0.3, 0.4) is 0 Å². The van der Waals surface area contributed by atoms with Crippen molar-refractivity contribution in [2.45, 2.75) is 13.3 Å². The molecule has 0 heterocycles. The first kappa shape index (κ1) is 12.7. The molecule has 0 unspecified atom stereocenters. The lowest BCUT2D eigenvalue weighted by molar-refractivity contribution is -0.117. The minimum atomic E-state index is 0.0848.